The van der Waals surface area contributed by atoms with E-state index in [1.807, 2.05) is 0 Å². The number of phenolic OH excluding ortho intramolecular Hbond substituents is 1. The molecule has 0 aromatic heterocycles. The lowest BCUT2D eigenvalue weighted by Gasteiger charge is -2.17. The molecule has 0 amide bonds. The van der Waals surface area contributed by atoms with Gasteiger partial charge >= 0.3 is 0 Å². The van der Waals surface area contributed by atoms with Crippen LogP contribution in [-0.2, 0) is 6.42 Å². The van der Waals surface area contributed by atoms with Crippen LogP contribution in [-0.4, -0.2) is 15.8 Å². The molecule has 78 valence electrons. The van der Waals surface area contributed by atoms with Gasteiger partial charge in [0.1, 0.15) is 5.82 Å². The Hall–Kier alpha value is -1.16. The average Bonchev–Trinajstić information content (AvgIpc) is 1.96. The molecule has 2 nitrogen and oxygen atoms in total. The van der Waals surface area contributed by atoms with Gasteiger partial charge in [0.15, 0.2) is 11.6 Å². The number of benzene rings is 1. The summed E-state index contributed by atoms with van der Waals surface area (Å²) in [6, 6.07) is 1.61. The predicted molar refractivity (Wildman–Crippen MR) is 48.0 cm³/mol. The van der Waals surface area contributed by atoms with Crippen LogP contribution in [0.1, 0.15) is 19.4 Å². The van der Waals surface area contributed by atoms with Crippen LogP contribution >= 0.6 is 0 Å². The fraction of sp³-hybridized carbons (Fsp3) is 0.400. The maximum atomic E-state index is 12.8. The van der Waals surface area contributed by atoms with Crippen LogP contribution in [0.15, 0.2) is 12.1 Å². The molecule has 0 saturated heterocycles. The SMILES string of the molecule is CC(C)(O)Cc1cc(F)cc(F)c1O. The average molecular weight is 202 g/mol. The molecule has 0 bridgehead atoms. The summed E-state index contributed by atoms with van der Waals surface area (Å²) < 4.78 is 25.6. The van der Waals surface area contributed by atoms with Crippen molar-refractivity contribution in [1.82, 2.24) is 0 Å². The molecule has 1 aromatic carbocycles. The molecule has 2 N–H and O–H groups in total. The van der Waals surface area contributed by atoms with Gasteiger partial charge in [-0.3, -0.25) is 0 Å². The van der Waals surface area contributed by atoms with E-state index in [2.05, 4.69) is 0 Å². The highest BCUT2D eigenvalue weighted by atomic mass is 19.1. The Morgan fingerprint density at radius 1 is 1.29 bits per heavy atom. The van der Waals surface area contributed by atoms with Crippen molar-refractivity contribution in [2.24, 2.45) is 0 Å². The Morgan fingerprint density at radius 3 is 2.36 bits per heavy atom. The van der Waals surface area contributed by atoms with E-state index in [-0.39, 0.29) is 12.0 Å². The minimum absolute atomic E-state index is 0.00644. The van der Waals surface area contributed by atoms with Gasteiger partial charge in [0.05, 0.1) is 5.60 Å². The molecule has 0 spiro atoms. The van der Waals surface area contributed by atoms with E-state index in [1.54, 1.807) is 0 Å². The summed E-state index contributed by atoms with van der Waals surface area (Å²) in [6.45, 7) is 2.99. The lowest BCUT2D eigenvalue weighted by Crippen LogP contribution is -2.22. The Labute approximate surface area is 80.8 Å². The first-order valence-corrected chi connectivity index (χ1v) is 4.19. The van der Waals surface area contributed by atoms with Gasteiger partial charge in [-0.15, -0.1) is 0 Å². The van der Waals surface area contributed by atoms with Gasteiger partial charge in [0, 0.05) is 18.1 Å². The largest absolute Gasteiger partial charge is 0.505 e. The molecular formula is C10H12F2O2. The van der Waals surface area contributed by atoms with Crippen molar-refractivity contribution in [2.75, 3.05) is 0 Å². The number of hydrogen-bond acceptors (Lipinski definition) is 2. The summed E-state index contributed by atoms with van der Waals surface area (Å²) in [5.74, 6) is -2.38. The lowest BCUT2D eigenvalue weighted by atomic mass is 9.98. The molecule has 0 radical (unpaired) electrons. The zero-order chi connectivity index (χ0) is 10.9. The Morgan fingerprint density at radius 2 is 1.86 bits per heavy atom. The Kier molecular flexibility index (Phi) is 2.76. The molecule has 0 saturated carbocycles. The second-order valence-electron chi connectivity index (χ2n) is 3.88. The Bertz CT molecular complexity index is 343. The summed E-state index contributed by atoms with van der Waals surface area (Å²) in [5.41, 5.74) is -1.05. The summed E-state index contributed by atoms with van der Waals surface area (Å²) in [5, 5.41) is 18.7. The maximum Gasteiger partial charge on any atom is 0.168 e. The van der Waals surface area contributed by atoms with Crippen molar-refractivity contribution in [3.63, 3.8) is 0 Å². The fourth-order valence-corrected chi connectivity index (χ4v) is 1.22. The van der Waals surface area contributed by atoms with Crippen molar-refractivity contribution in [3.8, 4) is 5.75 Å². The third kappa shape index (κ3) is 2.67. The molecule has 0 unspecified atom stereocenters. The molecule has 1 rings (SSSR count). The van der Waals surface area contributed by atoms with E-state index in [4.69, 9.17) is 0 Å². The topological polar surface area (TPSA) is 40.5 Å². The quantitative estimate of drug-likeness (QED) is 0.769. The van der Waals surface area contributed by atoms with Gasteiger partial charge in [-0.25, -0.2) is 8.78 Å². The van der Waals surface area contributed by atoms with Crippen LogP contribution in [0.3, 0.4) is 0 Å². The van der Waals surface area contributed by atoms with Gasteiger partial charge in [-0.2, -0.15) is 0 Å². The first-order valence-electron chi connectivity index (χ1n) is 4.19. The third-order valence-corrected chi connectivity index (χ3v) is 1.73. The third-order valence-electron chi connectivity index (χ3n) is 1.73. The van der Waals surface area contributed by atoms with Crippen LogP contribution in [0.25, 0.3) is 0 Å². The monoisotopic (exact) mass is 202 g/mol. The summed E-state index contributed by atoms with van der Waals surface area (Å²) in [6.07, 6.45) is -0.00644. The van der Waals surface area contributed by atoms with Crippen molar-refractivity contribution in [1.29, 1.82) is 0 Å². The normalized spacial score (nSPS) is 11.8. The molecule has 4 heteroatoms. The number of phenols is 1. The number of aromatic hydroxyl groups is 1. The van der Waals surface area contributed by atoms with E-state index in [1.165, 1.54) is 13.8 Å². The standard InChI is InChI=1S/C10H12F2O2/c1-10(2,14)5-6-3-7(11)4-8(12)9(6)13/h3-4,13-14H,5H2,1-2H3. The first-order chi connectivity index (χ1) is 6.29. The second-order valence-corrected chi connectivity index (χ2v) is 3.88. The van der Waals surface area contributed by atoms with Crippen LogP contribution < -0.4 is 0 Å². The van der Waals surface area contributed by atoms with Crippen molar-refractivity contribution >= 4 is 0 Å². The molecule has 14 heavy (non-hydrogen) atoms. The zero-order valence-electron chi connectivity index (χ0n) is 8.01. The predicted octanol–water partition coefficient (Wildman–Crippen LogP) is 1.98. The van der Waals surface area contributed by atoms with E-state index in [0.717, 1.165) is 6.07 Å². The number of halogens is 2. The van der Waals surface area contributed by atoms with Gasteiger partial charge in [0.25, 0.3) is 0 Å². The lowest BCUT2D eigenvalue weighted by molar-refractivity contribution is 0.0800. The molecule has 0 aliphatic carbocycles. The first kappa shape index (κ1) is 10.9. The summed E-state index contributed by atoms with van der Waals surface area (Å²) in [4.78, 5) is 0. The van der Waals surface area contributed by atoms with Gasteiger partial charge in [0.2, 0.25) is 0 Å². The number of hydrogen-bond donors (Lipinski definition) is 2. The molecule has 0 aliphatic heterocycles. The van der Waals surface area contributed by atoms with Crippen molar-refractivity contribution in [2.45, 2.75) is 25.9 Å². The zero-order valence-corrected chi connectivity index (χ0v) is 8.01. The van der Waals surface area contributed by atoms with Gasteiger partial charge in [-0.05, 0) is 19.9 Å². The highest BCUT2D eigenvalue weighted by Crippen LogP contribution is 2.26. The molecular weight excluding hydrogens is 190 g/mol. The van der Waals surface area contributed by atoms with Gasteiger partial charge < -0.3 is 10.2 Å². The molecule has 0 fully saturated rings. The summed E-state index contributed by atoms with van der Waals surface area (Å²) >= 11 is 0. The van der Waals surface area contributed by atoms with Crippen molar-refractivity contribution < 1.29 is 19.0 Å². The van der Waals surface area contributed by atoms with Crippen molar-refractivity contribution in [3.05, 3.63) is 29.3 Å². The second kappa shape index (κ2) is 3.53. The Balaban J connectivity index is 3.09. The highest BCUT2D eigenvalue weighted by molar-refractivity contribution is 5.35. The molecule has 0 heterocycles. The molecule has 1 aromatic rings. The number of aliphatic hydroxyl groups is 1. The summed E-state index contributed by atoms with van der Waals surface area (Å²) in [7, 11) is 0. The van der Waals surface area contributed by atoms with E-state index in [9.17, 15) is 19.0 Å². The fourth-order valence-electron chi connectivity index (χ4n) is 1.22. The molecule has 0 aliphatic rings. The van der Waals surface area contributed by atoms with Crippen LogP contribution in [0.2, 0.25) is 0 Å². The van der Waals surface area contributed by atoms with E-state index < -0.39 is 23.0 Å². The number of rotatable bonds is 2. The molecule has 0 atom stereocenters. The van der Waals surface area contributed by atoms with E-state index in [0.29, 0.717) is 6.07 Å². The minimum atomic E-state index is -1.11. The smallest absolute Gasteiger partial charge is 0.168 e. The van der Waals surface area contributed by atoms with Gasteiger partial charge in [-0.1, -0.05) is 0 Å². The maximum absolute atomic E-state index is 12.8. The van der Waals surface area contributed by atoms with Crippen LogP contribution in [0, 0.1) is 11.6 Å². The van der Waals surface area contributed by atoms with Crippen LogP contribution in [0.5, 0.6) is 5.75 Å². The minimum Gasteiger partial charge on any atom is -0.505 e. The highest BCUT2D eigenvalue weighted by Gasteiger charge is 2.18. The van der Waals surface area contributed by atoms with Crippen LogP contribution in [0.4, 0.5) is 8.78 Å². The van der Waals surface area contributed by atoms with E-state index >= 15 is 0 Å².